The van der Waals surface area contributed by atoms with E-state index in [2.05, 4.69) is 5.32 Å². The van der Waals surface area contributed by atoms with Crippen LogP contribution in [-0.2, 0) is 42.9 Å². The van der Waals surface area contributed by atoms with Crippen molar-refractivity contribution in [1.29, 1.82) is 0 Å². The second-order valence-corrected chi connectivity index (χ2v) is 6.40. The van der Waals surface area contributed by atoms with Crippen molar-refractivity contribution in [2.45, 2.75) is 78.3 Å². The predicted molar refractivity (Wildman–Crippen MR) is 90.2 cm³/mol. The summed E-state index contributed by atoms with van der Waals surface area (Å²) in [6.07, 6.45) is -4.49. The fourth-order valence-corrected chi connectivity index (χ4v) is 2.68. The maximum Gasteiger partial charge on any atom is 0.303 e. The van der Waals surface area contributed by atoms with E-state index < -0.39 is 54.5 Å². The van der Waals surface area contributed by atoms with Gasteiger partial charge < -0.3 is 29.0 Å². The first-order valence-corrected chi connectivity index (χ1v) is 8.57. The van der Waals surface area contributed by atoms with Crippen LogP contribution >= 0.6 is 0 Å². The van der Waals surface area contributed by atoms with Crippen molar-refractivity contribution in [3.63, 3.8) is 0 Å². The number of carbonyl (C=O) groups excluding carboxylic acids is 4. The summed E-state index contributed by atoms with van der Waals surface area (Å²) in [6.45, 7) is 8.12. The van der Waals surface area contributed by atoms with Crippen LogP contribution < -0.4 is 5.32 Å². The van der Waals surface area contributed by atoms with Crippen LogP contribution in [0.1, 0.15) is 41.5 Å². The fraction of sp³-hybridized carbons (Fsp3) is 0.765. The molecule has 1 amide bonds. The van der Waals surface area contributed by atoms with Crippen molar-refractivity contribution in [3.05, 3.63) is 0 Å². The molecule has 10 nitrogen and oxygen atoms in total. The van der Waals surface area contributed by atoms with Crippen LogP contribution in [0.25, 0.3) is 0 Å². The molecule has 0 aromatic carbocycles. The van der Waals surface area contributed by atoms with Crippen molar-refractivity contribution in [1.82, 2.24) is 5.32 Å². The highest BCUT2D eigenvalue weighted by atomic mass is 16.7. The van der Waals surface area contributed by atoms with Gasteiger partial charge in [-0.25, -0.2) is 0 Å². The van der Waals surface area contributed by atoms with Crippen LogP contribution in [0.2, 0.25) is 0 Å². The lowest BCUT2D eigenvalue weighted by Crippen LogP contribution is -2.66. The minimum absolute atomic E-state index is 0.254. The summed E-state index contributed by atoms with van der Waals surface area (Å²) in [5.41, 5.74) is 0. The quantitative estimate of drug-likeness (QED) is 0.475. The number of hydrogen-bond acceptors (Lipinski definition) is 9. The third-order valence-electron chi connectivity index (χ3n) is 3.48. The first-order chi connectivity index (χ1) is 12.5. The van der Waals surface area contributed by atoms with E-state index in [1.54, 1.807) is 13.8 Å². The van der Waals surface area contributed by atoms with Gasteiger partial charge in [-0.05, 0) is 13.8 Å². The molecule has 0 aromatic rings. The molecule has 27 heavy (non-hydrogen) atoms. The third-order valence-corrected chi connectivity index (χ3v) is 3.48. The normalized spacial score (nSPS) is 27.6. The van der Waals surface area contributed by atoms with E-state index in [0.29, 0.717) is 0 Å². The van der Waals surface area contributed by atoms with Gasteiger partial charge in [0.05, 0.1) is 6.10 Å². The van der Waals surface area contributed by atoms with Crippen LogP contribution in [0.4, 0.5) is 0 Å². The Labute approximate surface area is 157 Å². The maximum atomic E-state index is 11.7. The van der Waals surface area contributed by atoms with Crippen molar-refractivity contribution in [3.8, 4) is 0 Å². The number of rotatable bonds is 7. The lowest BCUT2D eigenvalue weighted by molar-refractivity contribution is -0.285. The van der Waals surface area contributed by atoms with E-state index in [0.717, 1.165) is 0 Å². The summed E-state index contributed by atoms with van der Waals surface area (Å²) >= 11 is 0. The smallest absolute Gasteiger partial charge is 0.303 e. The highest BCUT2D eigenvalue weighted by Crippen LogP contribution is 2.28. The Bertz CT molecular complexity index is 563. The maximum absolute atomic E-state index is 11.7. The van der Waals surface area contributed by atoms with Gasteiger partial charge in [0.1, 0.15) is 18.8 Å². The number of nitrogens with one attached hydrogen (secondary N) is 1. The molecule has 1 aliphatic heterocycles. The molecule has 0 unspecified atom stereocenters. The van der Waals surface area contributed by atoms with Crippen LogP contribution in [0.5, 0.6) is 0 Å². The summed E-state index contributed by atoms with van der Waals surface area (Å²) < 4.78 is 27.1. The van der Waals surface area contributed by atoms with Crippen molar-refractivity contribution in [2.75, 3.05) is 6.61 Å². The van der Waals surface area contributed by atoms with E-state index in [9.17, 15) is 19.2 Å². The Morgan fingerprint density at radius 3 is 1.93 bits per heavy atom. The summed E-state index contributed by atoms with van der Waals surface area (Å²) in [7, 11) is 0. The van der Waals surface area contributed by atoms with Gasteiger partial charge >= 0.3 is 17.9 Å². The molecule has 1 N–H and O–H groups in total. The second kappa shape index (κ2) is 10.2. The number of ether oxygens (including phenoxy) is 5. The molecule has 0 spiro atoms. The molecule has 5 atom stereocenters. The Balaban J connectivity index is 3.27. The highest BCUT2D eigenvalue weighted by molar-refractivity contribution is 5.73. The standard InChI is InChI=1S/C17H27NO9/c1-8(2)24-17-14(18-9(3)19)16(26-12(6)22)15(25-11(5)21)13(27-17)7-23-10(4)20/h8,13-17H,7H2,1-6H3,(H,18,19)/t13-,14+,15+,16-,17-/m1/s1. The van der Waals surface area contributed by atoms with Gasteiger partial charge in [0, 0.05) is 27.7 Å². The topological polar surface area (TPSA) is 126 Å². The van der Waals surface area contributed by atoms with Crippen LogP contribution in [0.3, 0.4) is 0 Å². The molecular formula is C17H27NO9. The number of hydrogen-bond donors (Lipinski definition) is 1. The van der Waals surface area contributed by atoms with Gasteiger partial charge in [-0.15, -0.1) is 0 Å². The SMILES string of the molecule is CC(=O)N[C@@H]1[C@H](OC(C)C)O[C@H](COC(C)=O)[C@H](OC(C)=O)[C@@H]1OC(C)=O. The van der Waals surface area contributed by atoms with E-state index in [-0.39, 0.29) is 12.7 Å². The molecule has 154 valence electrons. The minimum Gasteiger partial charge on any atom is -0.463 e. The molecule has 0 aliphatic carbocycles. The minimum atomic E-state index is -1.12. The van der Waals surface area contributed by atoms with Crippen LogP contribution in [0, 0.1) is 0 Å². The highest BCUT2D eigenvalue weighted by Gasteiger charge is 2.51. The summed E-state index contributed by atoms with van der Waals surface area (Å²) in [4.78, 5) is 46.0. The van der Waals surface area contributed by atoms with Gasteiger partial charge in [-0.3, -0.25) is 19.2 Å². The molecule has 1 fully saturated rings. The molecule has 1 aliphatic rings. The van der Waals surface area contributed by atoms with E-state index in [1.807, 2.05) is 0 Å². The molecule has 1 heterocycles. The summed E-state index contributed by atoms with van der Waals surface area (Å²) in [5.74, 6) is -2.28. The lowest BCUT2D eigenvalue weighted by Gasteiger charge is -2.45. The molecule has 0 aromatic heterocycles. The van der Waals surface area contributed by atoms with Gasteiger partial charge in [0.25, 0.3) is 0 Å². The predicted octanol–water partition coefficient (Wildman–Crippen LogP) is 0.0675. The van der Waals surface area contributed by atoms with E-state index in [4.69, 9.17) is 23.7 Å². The Hall–Kier alpha value is -2.20. The fourth-order valence-electron chi connectivity index (χ4n) is 2.68. The van der Waals surface area contributed by atoms with Gasteiger partial charge in [0.15, 0.2) is 18.5 Å². The van der Waals surface area contributed by atoms with E-state index >= 15 is 0 Å². The Morgan fingerprint density at radius 2 is 1.48 bits per heavy atom. The van der Waals surface area contributed by atoms with Crippen molar-refractivity contribution < 1.29 is 42.9 Å². The van der Waals surface area contributed by atoms with Crippen LogP contribution in [0.15, 0.2) is 0 Å². The summed E-state index contributed by atoms with van der Waals surface area (Å²) in [5, 5.41) is 2.62. The second-order valence-electron chi connectivity index (χ2n) is 6.40. The number of carbonyl (C=O) groups is 4. The average Bonchev–Trinajstić information content (AvgIpc) is 2.49. The van der Waals surface area contributed by atoms with Crippen molar-refractivity contribution in [2.24, 2.45) is 0 Å². The molecule has 1 rings (SSSR count). The van der Waals surface area contributed by atoms with Crippen LogP contribution in [-0.4, -0.2) is 67.2 Å². The van der Waals surface area contributed by atoms with Gasteiger partial charge in [0.2, 0.25) is 5.91 Å². The number of amides is 1. The first kappa shape index (κ1) is 22.8. The molecule has 10 heteroatoms. The lowest BCUT2D eigenvalue weighted by atomic mass is 9.96. The number of esters is 3. The van der Waals surface area contributed by atoms with E-state index in [1.165, 1.54) is 27.7 Å². The average molecular weight is 389 g/mol. The third kappa shape index (κ3) is 7.51. The Morgan fingerprint density at radius 1 is 0.926 bits per heavy atom. The monoisotopic (exact) mass is 389 g/mol. The summed E-state index contributed by atoms with van der Waals surface area (Å²) in [6, 6.07) is -0.938. The molecule has 0 bridgehead atoms. The Kier molecular flexibility index (Phi) is 8.64. The molecular weight excluding hydrogens is 362 g/mol. The molecule has 0 radical (unpaired) electrons. The zero-order valence-corrected chi connectivity index (χ0v) is 16.3. The van der Waals surface area contributed by atoms with Gasteiger partial charge in [-0.1, -0.05) is 0 Å². The molecule has 1 saturated heterocycles. The molecule has 0 saturated carbocycles. The first-order valence-electron chi connectivity index (χ1n) is 8.57. The zero-order chi connectivity index (χ0) is 20.7. The van der Waals surface area contributed by atoms with Gasteiger partial charge in [-0.2, -0.15) is 0 Å². The zero-order valence-electron chi connectivity index (χ0n) is 16.3. The largest absolute Gasteiger partial charge is 0.463 e. The van der Waals surface area contributed by atoms with Crippen molar-refractivity contribution >= 4 is 23.8 Å².